The van der Waals surface area contributed by atoms with Gasteiger partial charge in [-0.25, -0.2) is 8.42 Å². The summed E-state index contributed by atoms with van der Waals surface area (Å²) in [7, 11) is -3.85. The Morgan fingerprint density at radius 3 is 2.20 bits per heavy atom. The first-order chi connectivity index (χ1) is 16.2. The molecule has 0 saturated carbocycles. The van der Waals surface area contributed by atoms with Crippen LogP contribution in [0, 0.1) is 12.8 Å². The number of amides is 2. The van der Waals surface area contributed by atoms with E-state index in [1.165, 1.54) is 11.0 Å². The van der Waals surface area contributed by atoms with Crippen molar-refractivity contribution < 1.29 is 18.0 Å². The topological polar surface area (TPSA) is 86.8 Å². The Kier molecular flexibility index (Phi) is 10.3. The largest absolute Gasteiger partial charge is 0.354 e. The van der Waals surface area contributed by atoms with Crippen molar-refractivity contribution in [1.29, 1.82) is 0 Å². The predicted molar refractivity (Wildman–Crippen MR) is 143 cm³/mol. The maximum Gasteiger partial charge on any atom is 0.244 e. The van der Waals surface area contributed by atoms with E-state index >= 15 is 0 Å². The van der Waals surface area contributed by atoms with E-state index in [4.69, 9.17) is 34.8 Å². The van der Waals surface area contributed by atoms with Gasteiger partial charge in [0.2, 0.25) is 21.8 Å². The second-order valence-electron chi connectivity index (χ2n) is 8.78. The summed E-state index contributed by atoms with van der Waals surface area (Å²) in [5.74, 6) is -0.722. The van der Waals surface area contributed by atoms with Crippen LogP contribution in [0.25, 0.3) is 0 Å². The van der Waals surface area contributed by atoms with Crippen molar-refractivity contribution in [2.45, 2.75) is 40.3 Å². The van der Waals surface area contributed by atoms with Gasteiger partial charge in [0.05, 0.1) is 11.9 Å². The van der Waals surface area contributed by atoms with E-state index in [0.29, 0.717) is 27.2 Å². The molecule has 7 nitrogen and oxygen atoms in total. The van der Waals surface area contributed by atoms with Crippen LogP contribution in [0.15, 0.2) is 36.4 Å². The van der Waals surface area contributed by atoms with Gasteiger partial charge in [-0.15, -0.1) is 0 Å². The van der Waals surface area contributed by atoms with Crippen LogP contribution < -0.4 is 9.62 Å². The number of hydrogen-bond donors (Lipinski definition) is 1. The Bertz CT molecular complexity index is 1190. The van der Waals surface area contributed by atoms with Crippen LogP contribution in [-0.2, 0) is 26.2 Å². The number of nitrogens with one attached hydrogen (secondary N) is 1. The summed E-state index contributed by atoms with van der Waals surface area (Å²) in [5.41, 5.74) is 1.58. The molecule has 1 N–H and O–H groups in total. The molecule has 2 rings (SSSR count). The smallest absolute Gasteiger partial charge is 0.244 e. The second kappa shape index (κ2) is 12.3. The highest BCUT2D eigenvalue weighted by Gasteiger charge is 2.30. The number of benzene rings is 2. The normalized spacial score (nSPS) is 12.4. The van der Waals surface area contributed by atoms with Gasteiger partial charge in [0.25, 0.3) is 0 Å². The third kappa shape index (κ3) is 8.27. The van der Waals surface area contributed by atoms with Crippen molar-refractivity contribution in [2.75, 3.05) is 23.7 Å². The van der Waals surface area contributed by atoms with E-state index in [1.807, 2.05) is 13.8 Å². The number of anilines is 1. The van der Waals surface area contributed by atoms with Gasteiger partial charge in [-0.1, -0.05) is 60.8 Å². The molecule has 2 aromatic carbocycles. The first-order valence-corrected chi connectivity index (χ1v) is 13.9. The van der Waals surface area contributed by atoms with Gasteiger partial charge in [-0.3, -0.25) is 13.9 Å². The zero-order valence-corrected chi connectivity index (χ0v) is 23.4. The summed E-state index contributed by atoms with van der Waals surface area (Å²) < 4.78 is 26.2. The lowest BCUT2D eigenvalue weighted by atomic mass is 10.1. The van der Waals surface area contributed by atoms with Crippen molar-refractivity contribution in [3.63, 3.8) is 0 Å². The van der Waals surface area contributed by atoms with Gasteiger partial charge in [0, 0.05) is 28.2 Å². The van der Waals surface area contributed by atoms with Gasteiger partial charge in [0.1, 0.15) is 12.6 Å². The van der Waals surface area contributed by atoms with Gasteiger partial charge >= 0.3 is 0 Å². The van der Waals surface area contributed by atoms with E-state index in [0.717, 1.165) is 16.1 Å². The Balaban J connectivity index is 2.42. The van der Waals surface area contributed by atoms with Gasteiger partial charge in [-0.2, -0.15) is 0 Å². The third-order valence-corrected chi connectivity index (χ3v) is 7.46. The molecule has 0 aliphatic rings. The van der Waals surface area contributed by atoms with Crippen LogP contribution in [0.3, 0.4) is 0 Å². The van der Waals surface area contributed by atoms with E-state index < -0.39 is 28.5 Å². The summed E-state index contributed by atoms with van der Waals surface area (Å²) in [5, 5.41) is 3.95. The maximum atomic E-state index is 13.5. The van der Waals surface area contributed by atoms with Crippen molar-refractivity contribution >= 4 is 62.3 Å². The molecule has 2 amide bonds. The SMILES string of the molecule is Cc1ccc(N(CC(=O)N(Cc2ccc(Cl)cc2Cl)C(C)C(=O)NCC(C)C)S(C)(=O)=O)cc1Cl. The summed E-state index contributed by atoms with van der Waals surface area (Å²) >= 11 is 18.5. The lowest BCUT2D eigenvalue weighted by Gasteiger charge is -2.32. The first-order valence-electron chi connectivity index (χ1n) is 11.0. The Labute approximate surface area is 222 Å². The molecular weight excluding hydrogens is 533 g/mol. The Morgan fingerprint density at radius 1 is 1.00 bits per heavy atom. The standard InChI is InChI=1S/C24H30Cl3N3O4S/c1-15(2)12-28-24(32)17(4)29(13-18-7-8-19(25)10-22(18)27)23(31)14-30(35(5,33)34)20-9-6-16(3)21(26)11-20/h6-11,15,17H,12-14H2,1-5H3,(H,28,32). The van der Waals surface area contributed by atoms with Gasteiger partial charge < -0.3 is 10.2 Å². The van der Waals surface area contributed by atoms with Crippen molar-refractivity contribution in [1.82, 2.24) is 10.2 Å². The summed E-state index contributed by atoms with van der Waals surface area (Å²) in [4.78, 5) is 27.7. The monoisotopic (exact) mass is 561 g/mol. The van der Waals surface area contributed by atoms with Crippen molar-refractivity contribution in [3.8, 4) is 0 Å². The van der Waals surface area contributed by atoms with E-state index in [-0.39, 0.29) is 24.1 Å². The average molecular weight is 563 g/mol. The van der Waals surface area contributed by atoms with Crippen LogP contribution in [0.2, 0.25) is 15.1 Å². The molecular formula is C24H30Cl3N3O4S. The number of carbonyl (C=O) groups excluding carboxylic acids is 2. The number of hydrogen-bond acceptors (Lipinski definition) is 4. The maximum absolute atomic E-state index is 13.5. The number of rotatable bonds is 10. The molecule has 1 unspecified atom stereocenters. The zero-order chi connectivity index (χ0) is 26.5. The lowest BCUT2D eigenvalue weighted by Crippen LogP contribution is -2.51. The second-order valence-corrected chi connectivity index (χ2v) is 11.9. The number of nitrogens with zero attached hydrogens (tertiary/aromatic N) is 2. The highest BCUT2D eigenvalue weighted by Crippen LogP contribution is 2.26. The van der Waals surface area contributed by atoms with Crippen LogP contribution in [-0.4, -0.2) is 50.5 Å². The molecule has 0 saturated heterocycles. The highest BCUT2D eigenvalue weighted by molar-refractivity contribution is 7.92. The molecule has 1 atom stereocenters. The molecule has 0 aliphatic carbocycles. The quantitative estimate of drug-likeness (QED) is 0.446. The van der Waals surface area contributed by atoms with Crippen LogP contribution in [0.4, 0.5) is 5.69 Å². The van der Waals surface area contributed by atoms with E-state index in [1.54, 1.807) is 44.2 Å². The molecule has 35 heavy (non-hydrogen) atoms. The molecule has 192 valence electrons. The minimum Gasteiger partial charge on any atom is -0.354 e. The molecule has 0 aromatic heterocycles. The number of halogens is 3. The minimum absolute atomic E-state index is 0.0165. The number of sulfonamides is 1. The average Bonchev–Trinajstić information content (AvgIpc) is 2.75. The minimum atomic E-state index is -3.85. The molecule has 11 heteroatoms. The van der Waals surface area contributed by atoms with Crippen molar-refractivity contribution in [2.24, 2.45) is 5.92 Å². The molecule has 0 bridgehead atoms. The highest BCUT2D eigenvalue weighted by atomic mass is 35.5. The first kappa shape index (κ1) is 29.2. The Hall–Kier alpha value is -2.00. The fourth-order valence-electron chi connectivity index (χ4n) is 3.22. The fourth-order valence-corrected chi connectivity index (χ4v) is 4.70. The molecule has 0 aliphatic heterocycles. The van der Waals surface area contributed by atoms with E-state index in [2.05, 4.69) is 5.32 Å². The zero-order valence-electron chi connectivity index (χ0n) is 20.3. The molecule has 0 radical (unpaired) electrons. The lowest BCUT2D eigenvalue weighted by molar-refractivity contribution is -0.139. The van der Waals surface area contributed by atoms with Crippen LogP contribution in [0.1, 0.15) is 31.9 Å². The molecule has 0 heterocycles. The molecule has 0 spiro atoms. The summed E-state index contributed by atoms with van der Waals surface area (Å²) in [6, 6.07) is 8.69. The third-order valence-electron chi connectivity index (χ3n) is 5.33. The predicted octanol–water partition coefficient (Wildman–Crippen LogP) is 4.91. The molecule has 0 fully saturated rings. The number of aryl methyl sites for hydroxylation is 1. The van der Waals surface area contributed by atoms with Gasteiger partial charge in [-0.05, 0) is 55.2 Å². The number of carbonyl (C=O) groups is 2. The van der Waals surface area contributed by atoms with Crippen LogP contribution >= 0.6 is 34.8 Å². The summed E-state index contributed by atoms with van der Waals surface area (Å²) in [6.07, 6.45) is 1.01. The van der Waals surface area contributed by atoms with Gasteiger partial charge in [0.15, 0.2) is 0 Å². The van der Waals surface area contributed by atoms with Crippen molar-refractivity contribution in [3.05, 3.63) is 62.6 Å². The molecule has 2 aromatic rings. The van der Waals surface area contributed by atoms with Crippen LogP contribution in [0.5, 0.6) is 0 Å². The fraction of sp³-hybridized carbons (Fsp3) is 0.417. The Morgan fingerprint density at radius 2 is 1.66 bits per heavy atom. The summed E-state index contributed by atoms with van der Waals surface area (Å²) in [6.45, 7) is 7.19. The van der Waals surface area contributed by atoms with E-state index in [9.17, 15) is 18.0 Å².